The highest BCUT2D eigenvalue weighted by Crippen LogP contribution is 2.15. The molecule has 2 rings (SSSR count). The van der Waals surface area contributed by atoms with Crippen LogP contribution in [-0.2, 0) is 16.0 Å². The predicted molar refractivity (Wildman–Crippen MR) is 76.1 cm³/mol. The van der Waals surface area contributed by atoms with E-state index in [4.69, 9.17) is 4.74 Å². The van der Waals surface area contributed by atoms with E-state index in [-0.39, 0.29) is 5.91 Å². The van der Waals surface area contributed by atoms with Crippen molar-refractivity contribution in [3.63, 3.8) is 0 Å². The monoisotopic (exact) mass is 261 g/mol. The van der Waals surface area contributed by atoms with Crippen molar-refractivity contribution < 1.29 is 9.53 Å². The number of carbonyl (C=O) groups is 1. The van der Waals surface area contributed by atoms with Crippen LogP contribution in [0.5, 0.6) is 0 Å². The standard InChI is InChI=1S/C16H23NO2/c1-13-5-3-4-6-14(13)7-8-16(18)17-11-9-15(19-2)10-12-17/h3-6,15H,7-12H2,1-2H3. The molecule has 19 heavy (non-hydrogen) atoms. The lowest BCUT2D eigenvalue weighted by Crippen LogP contribution is -2.40. The van der Waals surface area contributed by atoms with Crippen molar-refractivity contribution in [1.82, 2.24) is 4.90 Å². The third-order valence-corrected chi connectivity index (χ3v) is 4.00. The van der Waals surface area contributed by atoms with Crippen LogP contribution < -0.4 is 0 Å². The lowest BCUT2D eigenvalue weighted by atomic mass is 10.0. The topological polar surface area (TPSA) is 29.5 Å². The third kappa shape index (κ3) is 3.80. The van der Waals surface area contributed by atoms with Crippen LogP contribution in [-0.4, -0.2) is 37.1 Å². The summed E-state index contributed by atoms with van der Waals surface area (Å²) in [5.41, 5.74) is 2.55. The molecule has 0 unspecified atom stereocenters. The zero-order valence-electron chi connectivity index (χ0n) is 11.9. The summed E-state index contributed by atoms with van der Waals surface area (Å²) < 4.78 is 5.33. The average molecular weight is 261 g/mol. The molecule has 0 atom stereocenters. The maximum Gasteiger partial charge on any atom is 0.222 e. The van der Waals surface area contributed by atoms with Crippen LogP contribution in [0.2, 0.25) is 0 Å². The Hall–Kier alpha value is -1.35. The fraction of sp³-hybridized carbons (Fsp3) is 0.562. The summed E-state index contributed by atoms with van der Waals surface area (Å²) in [4.78, 5) is 14.1. The molecule has 1 heterocycles. The molecule has 1 aromatic rings. The Morgan fingerprint density at radius 3 is 2.63 bits per heavy atom. The molecule has 1 aromatic carbocycles. The quantitative estimate of drug-likeness (QED) is 0.833. The van der Waals surface area contributed by atoms with Crippen LogP contribution in [0.3, 0.4) is 0 Å². The van der Waals surface area contributed by atoms with Gasteiger partial charge in [0, 0.05) is 26.6 Å². The predicted octanol–water partition coefficient (Wildman–Crippen LogP) is 2.57. The summed E-state index contributed by atoms with van der Waals surface area (Å²) in [6, 6.07) is 8.29. The van der Waals surface area contributed by atoms with Crippen molar-refractivity contribution in [2.24, 2.45) is 0 Å². The zero-order chi connectivity index (χ0) is 13.7. The van der Waals surface area contributed by atoms with Crippen LogP contribution in [0.25, 0.3) is 0 Å². The fourth-order valence-corrected chi connectivity index (χ4v) is 2.63. The van der Waals surface area contributed by atoms with Gasteiger partial charge in [-0.2, -0.15) is 0 Å². The largest absolute Gasteiger partial charge is 0.381 e. The number of hydrogen-bond acceptors (Lipinski definition) is 2. The molecule has 0 aliphatic carbocycles. The van der Waals surface area contributed by atoms with E-state index in [1.165, 1.54) is 11.1 Å². The summed E-state index contributed by atoms with van der Waals surface area (Å²) in [5.74, 6) is 0.276. The molecular formula is C16H23NO2. The van der Waals surface area contributed by atoms with Crippen molar-refractivity contribution >= 4 is 5.91 Å². The van der Waals surface area contributed by atoms with Crippen molar-refractivity contribution in [3.05, 3.63) is 35.4 Å². The van der Waals surface area contributed by atoms with E-state index in [9.17, 15) is 4.79 Å². The van der Waals surface area contributed by atoms with Crippen LogP contribution >= 0.6 is 0 Å². The van der Waals surface area contributed by atoms with Gasteiger partial charge in [-0.25, -0.2) is 0 Å². The number of hydrogen-bond donors (Lipinski definition) is 0. The van der Waals surface area contributed by atoms with Gasteiger partial charge < -0.3 is 9.64 Å². The summed E-state index contributed by atoms with van der Waals surface area (Å²) in [5, 5.41) is 0. The Balaban J connectivity index is 1.81. The second-order valence-corrected chi connectivity index (χ2v) is 5.24. The Kier molecular flexibility index (Phi) is 4.97. The molecule has 0 spiro atoms. The molecule has 0 N–H and O–H groups in total. The number of rotatable bonds is 4. The molecule has 1 fully saturated rings. The molecule has 104 valence electrons. The van der Waals surface area contributed by atoms with Gasteiger partial charge in [0.1, 0.15) is 0 Å². The number of likely N-dealkylation sites (tertiary alicyclic amines) is 1. The minimum absolute atomic E-state index is 0.276. The van der Waals surface area contributed by atoms with Gasteiger partial charge >= 0.3 is 0 Å². The van der Waals surface area contributed by atoms with E-state index < -0.39 is 0 Å². The highest BCUT2D eigenvalue weighted by molar-refractivity contribution is 5.76. The van der Waals surface area contributed by atoms with Crippen LogP contribution in [0, 0.1) is 6.92 Å². The van der Waals surface area contributed by atoms with E-state index in [2.05, 4.69) is 19.1 Å². The summed E-state index contributed by atoms with van der Waals surface area (Å²) in [6.45, 7) is 3.78. The summed E-state index contributed by atoms with van der Waals surface area (Å²) in [7, 11) is 1.75. The lowest BCUT2D eigenvalue weighted by Gasteiger charge is -2.31. The van der Waals surface area contributed by atoms with E-state index in [1.54, 1.807) is 7.11 Å². The van der Waals surface area contributed by atoms with Gasteiger partial charge in [0.05, 0.1) is 6.10 Å². The number of methoxy groups -OCH3 is 1. The Morgan fingerprint density at radius 1 is 1.32 bits per heavy atom. The summed E-state index contributed by atoms with van der Waals surface area (Å²) >= 11 is 0. The van der Waals surface area contributed by atoms with Gasteiger partial charge in [0.25, 0.3) is 0 Å². The highest BCUT2D eigenvalue weighted by atomic mass is 16.5. The first-order chi connectivity index (χ1) is 9.20. The van der Waals surface area contributed by atoms with Crippen LogP contribution in [0.1, 0.15) is 30.4 Å². The Morgan fingerprint density at radius 2 is 2.00 bits per heavy atom. The molecule has 0 aromatic heterocycles. The fourth-order valence-electron chi connectivity index (χ4n) is 2.63. The number of benzene rings is 1. The van der Waals surface area contributed by atoms with E-state index in [0.29, 0.717) is 12.5 Å². The number of piperidine rings is 1. The number of amides is 1. The molecule has 1 aliphatic rings. The molecule has 1 saturated heterocycles. The van der Waals surface area contributed by atoms with Crippen molar-refractivity contribution in [2.75, 3.05) is 20.2 Å². The van der Waals surface area contributed by atoms with Crippen LogP contribution in [0.4, 0.5) is 0 Å². The van der Waals surface area contributed by atoms with Crippen molar-refractivity contribution in [1.29, 1.82) is 0 Å². The minimum atomic E-state index is 0.276. The number of carbonyl (C=O) groups excluding carboxylic acids is 1. The Bertz CT molecular complexity index is 423. The van der Waals surface area contributed by atoms with Gasteiger partial charge in [-0.15, -0.1) is 0 Å². The lowest BCUT2D eigenvalue weighted by molar-refractivity contribution is -0.133. The third-order valence-electron chi connectivity index (χ3n) is 4.00. The second-order valence-electron chi connectivity index (χ2n) is 5.24. The van der Waals surface area contributed by atoms with Gasteiger partial charge in [0.2, 0.25) is 5.91 Å². The molecular weight excluding hydrogens is 238 g/mol. The SMILES string of the molecule is COC1CCN(C(=O)CCc2ccccc2C)CC1. The first kappa shape index (κ1) is 14.1. The molecule has 1 amide bonds. The normalized spacial score (nSPS) is 16.6. The number of ether oxygens (including phenoxy) is 1. The van der Waals surface area contributed by atoms with Gasteiger partial charge in [-0.1, -0.05) is 24.3 Å². The Labute approximate surface area is 115 Å². The molecule has 3 nitrogen and oxygen atoms in total. The van der Waals surface area contributed by atoms with Crippen molar-refractivity contribution in [2.45, 2.75) is 38.7 Å². The smallest absolute Gasteiger partial charge is 0.222 e. The maximum absolute atomic E-state index is 12.2. The molecule has 0 radical (unpaired) electrons. The molecule has 3 heteroatoms. The second kappa shape index (κ2) is 6.71. The molecule has 1 aliphatic heterocycles. The van der Waals surface area contributed by atoms with Gasteiger partial charge in [-0.05, 0) is 37.3 Å². The van der Waals surface area contributed by atoms with Crippen LogP contribution in [0.15, 0.2) is 24.3 Å². The summed E-state index contributed by atoms with van der Waals surface area (Å²) in [6.07, 6.45) is 3.72. The van der Waals surface area contributed by atoms with E-state index in [1.807, 2.05) is 17.0 Å². The zero-order valence-corrected chi connectivity index (χ0v) is 11.9. The van der Waals surface area contributed by atoms with Crippen molar-refractivity contribution in [3.8, 4) is 0 Å². The molecule has 0 bridgehead atoms. The van der Waals surface area contributed by atoms with E-state index in [0.717, 1.165) is 32.4 Å². The highest BCUT2D eigenvalue weighted by Gasteiger charge is 2.22. The average Bonchev–Trinajstić information content (AvgIpc) is 2.46. The number of nitrogens with zero attached hydrogens (tertiary/aromatic N) is 1. The molecule has 0 saturated carbocycles. The number of aryl methyl sites for hydroxylation is 2. The maximum atomic E-state index is 12.2. The van der Waals surface area contributed by atoms with Gasteiger partial charge in [0.15, 0.2) is 0 Å². The minimum Gasteiger partial charge on any atom is -0.381 e. The van der Waals surface area contributed by atoms with Gasteiger partial charge in [-0.3, -0.25) is 4.79 Å². The first-order valence-corrected chi connectivity index (χ1v) is 7.06. The van der Waals surface area contributed by atoms with E-state index >= 15 is 0 Å². The first-order valence-electron chi connectivity index (χ1n) is 7.06.